The molecule has 1 amide bonds. The number of nitrogens with one attached hydrogen (secondary N) is 1. The number of hydrogen-bond donors (Lipinski definition) is 2. The second-order valence-corrected chi connectivity index (χ2v) is 9.57. The third kappa shape index (κ3) is 5.42. The number of nitrogens with two attached hydrogens (primary N) is 1. The van der Waals surface area contributed by atoms with Gasteiger partial charge in [0.25, 0.3) is 5.91 Å². The Kier molecular flexibility index (Phi) is 6.78. The number of hydrogen-bond acceptors (Lipinski definition) is 5. The van der Waals surface area contributed by atoms with Gasteiger partial charge in [-0.1, -0.05) is 54.6 Å². The van der Waals surface area contributed by atoms with Crippen LogP contribution < -0.4 is 15.4 Å². The van der Waals surface area contributed by atoms with E-state index in [4.69, 9.17) is 9.88 Å². The van der Waals surface area contributed by atoms with Crippen molar-refractivity contribution in [3.8, 4) is 11.1 Å². The van der Waals surface area contributed by atoms with Crippen molar-refractivity contribution in [3.63, 3.8) is 0 Å². The van der Waals surface area contributed by atoms with Gasteiger partial charge >= 0.3 is 0 Å². The fourth-order valence-corrected chi connectivity index (χ4v) is 4.45. The van der Waals surface area contributed by atoms with E-state index in [1.165, 1.54) is 12.1 Å². The summed E-state index contributed by atoms with van der Waals surface area (Å²) in [6.07, 6.45) is 0. The minimum atomic E-state index is -3.94. The average molecular weight is 466 g/mol. The Labute approximate surface area is 194 Å². The number of sulfonamides is 1. The molecule has 3 N–H and O–H groups in total. The van der Waals surface area contributed by atoms with E-state index in [2.05, 4.69) is 5.32 Å². The molecule has 0 aliphatic carbocycles. The fourth-order valence-electron chi connectivity index (χ4n) is 3.91. The molecule has 33 heavy (non-hydrogen) atoms. The summed E-state index contributed by atoms with van der Waals surface area (Å²) in [5.74, 6) is -0.360. The van der Waals surface area contributed by atoms with Gasteiger partial charge in [-0.3, -0.25) is 4.79 Å². The van der Waals surface area contributed by atoms with Gasteiger partial charge in [0.2, 0.25) is 10.0 Å². The second kappa shape index (κ2) is 9.74. The van der Waals surface area contributed by atoms with Gasteiger partial charge in [0, 0.05) is 18.8 Å². The van der Waals surface area contributed by atoms with Crippen molar-refractivity contribution in [1.82, 2.24) is 5.32 Å². The van der Waals surface area contributed by atoms with Crippen LogP contribution in [0, 0.1) is 0 Å². The Hall–Kier alpha value is -3.20. The van der Waals surface area contributed by atoms with Gasteiger partial charge in [0.1, 0.15) is 0 Å². The largest absolute Gasteiger partial charge is 0.378 e. The van der Waals surface area contributed by atoms with Crippen molar-refractivity contribution in [2.24, 2.45) is 5.14 Å². The van der Waals surface area contributed by atoms with Crippen LogP contribution in [0.3, 0.4) is 0 Å². The van der Waals surface area contributed by atoms with Gasteiger partial charge in [-0.25, -0.2) is 13.6 Å². The number of rotatable bonds is 6. The van der Waals surface area contributed by atoms with Crippen molar-refractivity contribution in [3.05, 3.63) is 83.9 Å². The zero-order chi connectivity index (χ0) is 23.4. The number of benzene rings is 3. The van der Waals surface area contributed by atoms with E-state index >= 15 is 0 Å². The van der Waals surface area contributed by atoms with E-state index in [1.807, 2.05) is 66.4 Å². The summed E-state index contributed by atoms with van der Waals surface area (Å²) < 4.78 is 29.2. The highest BCUT2D eigenvalue weighted by Crippen LogP contribution is 2.26. The summed E-state index contributed by atoms with van der Waals surface area (Å²) in [5.41, 5.74) is 4.09. The summed E-state index contributed by atoms with van der Waals surface area (Å²) in [6, 6.07) is 22.2. The van der Waals surface area contributed by atoms with Gasteiger partial charge in [-0.15, -0.1) is 0 Å². The molecule has 1 aliphatic heterocycles. The molecule has 1 atom stereocenters. The number of ether oxygens (including phenoxy) is 1. The first-order valence-corrected chi connectivity index (χ1v) is 12.3. The molecule has 0 spiro atoms. The number of nitrogens with zero attached hydrogens (tertiary/aromatic N) is 1. The molecule has 0 unspecified atom stereocenters. The molecule has 0 saturated carbocycles. The quantitative estimate of drug-likeness (QED) is 0.581. The molecule has 1 fully saturated rings. The minimum absolute atomic E-state index is 0.0930. The summed E-state index contributed by atoms with van der Waals surface area (Å²) >= 11 is 0. The second-order valence-electron chi connectivity index (χ2n) is 8.01. The molecule has 0 radical (unpaired) electrons. The molecular weight excluding hydrogens is 438 g/mol. The van der Waals surface area contributed by atoms with Crippen LogP contribution in [-0.2, 0) is 14.8 Å². The van der Waals surface area contributed by atoms with Crippen molar-refractivity contribution < 1.29 is 17.9 Å². The van der Waals surface area contributed by atoms with Crippen LogP contribution in [0.25, 0.3) is 11.1 Å². The van der Waals surface area contributed by atoms with E-state index in [0.717, 1.165) is 16.7 Å². The summed E-state index contributed by atoms with van der Waals surface area (Å²) in [4.78, 5) is 15.2. The Morgan fingerprint density at radius 2 is 1.61 bits per heavy atom. The van der Waals surface area contributed by atoms with Crippen molar-refractivity contribution >= 4 is 21.6 Å². The lowest BCUT2D eigenvalue weighted by Crippen LogP contribution is -2.38. The number of carbonyl (C=O) groups is 1. The van der Waals surface area contributed by atoms with Gasteiger partial charge < -0.3 is 15.0 Å². The predicted octanol–water partition coefficient (Wildman–Crippen LogP) is 3.33. The maximum absolute atomic E-state index is 13.3. The van der Waals surface area contributed by atoms with Crippen LogP contribution in [0.2, 0.25) is 0 Å². The van der Waals surface area contributed by atoms with Gasteiger partial charge in [-0.05, 0) is 41.8 Å². The summed E-state index contributed by atoms with van der Waals surface area (Å²) in [6.45, 7) is 4.22. The molecule has 3 aromatic rings. The van der Waals surface area contributed by atoms with Crippen LogP contribution >= 0.6 is 0 Å². The van der Waals surface area contributed by atoms with E-state index in [9.17, 15) is 13.2 Å². The van der Waals surface area contributed by atoms with E-state index in [-0.39, 0.29) is 22.4 Å². The van der Waals surface area contributed by atoms with Crippen LogP contribution in [0.1, 0.15) is 28.9 Å². The molecule has 1 heterocycles. The minimum Gasteiger partial charge on any atom is -0.378 e. The highest BCUT2D eigenvalue weighted by atomic mass is 32.2. The highest BCUT2D eigenvalue weighted by Gasteiger charge is 2.23. The Morgan fingerprint density at radius 1 is 0.970 bits per heavy atom. The van der Waals surface area contributed by atoms with E-state index < -0.39 is 10.0 Å². The average Bonchev–Trinajstić information content (AvgIpc) is 2.84. The number of carbonyl (C=O) groups excluding carboxylic acids is 1. The third-order valence-corrected chi connectivity index (χ3v) is 6.67. The predicted molar refractivity (Wildman–Crippen MR) is 129 cm³/mol. The molecule has 1 saturated heterocycles. The van der Waals surface area contributed by atoms with Crippen molar-refractivity contribution in [2.45, 2.75) is 17.9 Å². The van der Waals surface area contributed by atoms with E-state index in [1.54, 1.807) is 6.07 Å². The zero-order valence-corrected chi connectivity index (χ0v) is 19.2. The van der Waals surface area contributed by atoms with Gasteiger partial charge in [-0.2, -0.15) is 0 Å². The lowest BCUT2D eigenvalue weighted by Gasteiger charge is -2.30. The maximum Gasteiger partial charge on any atom is 0.253 e. The number of morpholine rings is 1. The van der Waals surface area contributed by atoms with Gasteiger partial charge in [0.15, 0.2) is 0 Å². The SMILES string of the molecule is C[C@H](NC(=O)c1cc(S(N)(=O)=O)ccc1N1CCOCC1)c1ccc(-c2ccccc2)cc1. The standard InChI is InChI=1S/C25H27N3O4S/c1-18(19-7-9-21(10-8-19)20-5-3-2-4-6-20)27-25(29)23-17-22(33(26,30)31)11-12-24(23)28-13-15-32-16-14-28/h2-12,17-18H,13-16H2,1H3,(H,27,29)(H2,26,30,31)/t18-/m0/s1. The van der Waals surface area contributed by atoms with Gasteiger partial charge in [0.05, 0.1) is 29.7 Å². The third-order valence-electron chi connectivity index (χ3n) is 5.76. The highest BCUT2D eigenvalue weighted by molar-refractivity contribution is 7.89. The van der Waals surface area contributed by atoms with Crippen molar-refractivity contribution in [2.75, 3.05) is 31.2 Å². The van der Waals surface area contributed by atoms with Crippen LogP contribution in [0.5, 0.6) is 0 Å². The molecule has 7 nitrogen and oxygen atoms in total. The molecule has 8 heteroatoms. The molecule has 0 aromatic heterocycles. The van der Waals surface area contributed by atoms with Crippen LogP contribution in [0.4, 0.5) is 5.69 Å². The normalized spacial score (nSPS) is 15.2. The Bertz CT molecular complexity index is 1220. The number of anilines is 1. The molecule has 3 aromatic carbocycles. The molecule has 172 valence electrons. The monoisotopic (exact) mass is 465 g/mol. The van der Waals surface area contributed by atoms with Crippen LogP contribution in [-0.4, -0.2) is 40.6 Å². The first-order valence-electron chi connectivity index (χ1n) is 10.8. The number of amides is 1. The fraction of sp³-hybridized carbons (Fsp3) is 0.240. The zero-order valence-electron chi connectivity index (χ0n) is 18.4. The first-order chi connectivity index (χ1) is 15.8. The summed E-state index contributed by atoms with van der Waals surface area (Å²) in [5, 5.41) is 8.31. The topological polar surface area (TPSA) is 102 Å². The van der Waals surface area contributed by atoms with Crippen molar-refractivity contribution in [1.29, 1.82) is 0 Å². The maximum atomic E-state index is 13.3. The first kappa shape index (κ1) is 23.0. The lowest BCUT2D eigenvalue weighted by molar-refractivity contribution is 0.0938. The summed E-state index contributed by atoms with van der Waals surface area (Å²) in [7, 11) is -3.94. The number of primary sulfonamides is 1. The molecule has 1 aliphatic rings. The molecular formula is C25H27N3O4S. The molecule has 4 rings (SSSR count). The Balaban J connectivity index is 1.57. The lowest BCUT2D eigenvalue weighted by atomic mass is 10.0. The smallest absolute Gasteiger partial charge is 0.253 e. The van der Waals surface area contributed by atoms with E-state index in [0.29, 0.717) is 32.0 Å². The Morgan fingerprint density at radius 3 is 2.24 bits per heavy atom. The van der Waals surface area contributed by atoms with Crippen LogP contribution in [0.15, 0.2) is 77.7 Å². The molecule has 0 bridgehead atoms.